The molecule has 0 saturated carbocycles. The smallest absolute Gasteiger partial charge is 0.291 e. The van der Waals surface area contributed by atoms with Crippen LogP contribution in [0.4, 0.5) is 0 Å². The van der Waals surface area contributed by atoms with E-state index in [-0.39, 0.29) is 12.2 Å². The Morgan fingerprint density at radius 2 is 1.93 bits per heavy atom. The van der Waals surface area contributed by atoms with Crippen LogP contribution >= 0.6 is 11.3 Å². The fourth-order valence-corrected chi connectivity index (χ4v) is 3.33. The number of fused-ring (bicyclic) bond motifs is 1. The molecule has 0 aliphatic heterocycles. The van der Waals surface area contributed by atoms with E-state index in [4.69, 9.17) is 10.5 Å². The maximum atomic E-state index is 12.6. The first kappa shape index (κ1) is 16.9. The number of carbonyl (C=O) groups is 1. The van der Waals surface area contributed by atoms with Crippen molar-refractivity contribution in [3.8, 4) is 17.1 Å². The SMILES string of the molecule is NC(=O)COc1ccc(C=c2sc3nc(-c4ccncc4)nn3c2=O)cc1. The van der Waals surface area contributed by atoms with Crippen molar-refractivity contribution in [3.05, 3.63) is 69.2 Å². The topological polar surface area (TPSA) is 112 Å². The molecule has 0 bridgehead atoms. The van der Waals surface area contributed by atoms with Gasteiger partial charge in [-0.3, -0.25) is 14.6 Å². The zero-order valence-electron chi connectivity index (χ0n) is 13.9. The van der Waals surface area contributed by atoms with Crippen molar-refractivity contribution in [2.24, 2.45) is 5.73 Å². The number of nitrogens with zero attached hydrogens (tertiary/aromatic N) is 4. The van der Waals surface area contributed by atoms with Crippen LogP contribution in [0, 0.1) is 0 Å². The second-order valence-corrected chi connectivity index (χ2v) is 6.61. The van der Waals surface area contributed by atoms with Crippen LogP contribution < -0.4 is 20.6 Å². The molecule has 8 nitrogen and oxygen atoms in total. The third kappa shape index (κ3) is 3.53. The summed E-state index contributed by atoms with van der Waals surface area (Å²) in [7, 11) is 0. The van der Waals surface area contributed by atoms with Crippen molar-refractivity contribution in [1.29, 1.82) is 0 Å². The Morgan fingerprint density at radius 3 is 2.59 bits per heavy atom. The molecule has 9 heteroatoms. The predicted molar refractivity (Wildman–Crippen MR) is 100 cm³/mol. The lowest BCUT2D eigenvalue weighted by atomic mass is 10.2. The minimum absolute atomic E-state index is 0.179. The van der Waals surface area contributed by atoms with Gasteiger partial charge in [0, 0.05) is 18.0 Å². The normalized spacial score (nSPS) is 11.8. The van der Waals surface area contributed by atoms with E-state index in [2.05, 4.69) is 15.1 Å². The Labute approximate surface area is 156 Å². The van der Waals surface area contributed by atoms with E-state index in [0.717, 1.165) is 11.1 Å². The van der Waals surface area contributed by atoms with E-state index >= 15 is 0 Å². The summed E-state index contributed by atoms with van der Waals surface area (Å²) in [5.41, 5.74) is 6.44. The van der Waals surface area contributed by atoms with Crippen molar-refractivity contribution in [1.82, 2.24) is 19.6 Å². The average molecular weight is 379 g/mol. The second-order valence-electron chi connectivity index (χ2n) is 5.61. The van der Waals surface area contributed by atoms with Crippen molar-refractivity contribution in [3.63, 3.8) is 0 Å². The molecule has 4 aromatic rings. The molecule has 0 atom stereocenters. The number of aromatic nitrogens is 4. The van der Waals surface area contributed by atoms with Gasteiger partial charge in [-0.1, -0.05) is 23.5 Å². The summed E-state index contributed by atoms with van der Waals surface area (Å²) < 4.78 is 7.04. The highest BCUT2D eigenvalue weighted by atomic mass is 32.1. The first-order valence-corrected chi connectivity index (χ1v) is 8.75. The third-order valence-corrected chi connectivity index (χ3v) is 4.64. The molecule has 3 aromatic heterocycles. The van der Waals surface area contributed by atoms with Gasteiger partial charge in [0.15, 0.2) is 12.4 Å². The highest BCUT2D eigenvalue weighted by molar-refractivity contribution is 7.15. The zero-order valence-corrected chi connectivity index (χ0v) is 14.7. The monoisotopic (exact) mass is 379 g/mol. The Balaban J connectivity index is 1.64. The first-order chi connectivity index (χ1) is 13.1. The van der Waals surface area contributed by atoms with Gasteiger partial charge in [0.2, 0.25) is 4.96 Å². The Hall–Kier alpha value is -3.59. The number of benzene rings is 1. The van der Waals surface area contributed by atoms with E-state index in [1.54, 1.807) is 54.9 Å². The van der Waals surface area contributed by atoms with Crippen LogP contribution in [0.5, 0.6) is 5.75 Å². The fourth-order valence-electron chi connectivity index (χ4n) is 2.42. The summed E-state index contributed by atoms with van der Waals surface area (Å²) in [6.45, 7) is -0.179. The van der Waals surface area contributed by atoms with E-state index in [0.29, 0.717) is 21.1 Å². The van der Waals surface area contributed by atoms with Crippen LogP contribution in [0.15, 0.2) is 53.6 Å². The van der Waals surface area contributed by atoms with Gasteiger partial charge in [-0.2, -0.15) is 9.50 Å². The van der Waals surface area contributed by atoms with Gasteiger partial charge in [-0.25, -0.2) is 0 Å². The van der Waals surface area contributed by atoms with E-state index < -0.39 is 5.91 Å². The lowest BCUT2D eigenvalue weighted by Crippen LogP contribution is -2.23. The molecule has 0 radical (unpaired) electrons. The van der Waals surface area contributed by atoms with Crippen LogP contribution in [0.25, 0.3) is 22.4 Å². The van der Waals surface area contributed by atoms with Gasteiger partial charge in [0.1, 0.15) is 5.75 Å². The number of hydrogen-bond donors (Lipinski definition) is 1. The summed E-state index contributed by atoms with van der Waals surface area (Å²) in [5.74, 6) is 0.475. The Morgan fingerprint density at radius 1 is 1.19 bits per heavy atom. The molecule has 0 aliphatic carbocycles. The quantitative estimate of drug-likeness (QED) is 0.544. The van der Waals surface area contributed by atoms with Crippen LogP contribution in [-0.4, -0.2) is 32.1 Å². The average Bonchev–Trinajstić information content (AvgIpc) is 3.22. The summed E-state index contributed by atoms with van der Waals surface area (Å²) in [5, 5.41) is 4.29. The minimum Gasteiger partial charge on any atom is -0.484 e. The molecule has 3 heterocycles. The molecule has 1 amide bonds. The summed E-state index contributed by atoms with van der Waals surface area (Å²) in [6.07, 6.45) is 5.06. The van der Waals surface area contributed by atoms with E-state index in [1.807, 2.05) is 0 Å². The first-order valence-electron chi connectivity index (χ1n) is 7.93. The Bertz CT molecular complexity index is 1220. The lowest BCUT2D eigenvalue weighted by molar-refractivity contribution is -0.119. The van der Waals surface area contributed by atoms with Crippen molar-refractivity contribution in [2.45, 2.75) is 0 Å². The predicted octanol–water partition coefficient (Wildman–Crippen LogP) is 0.625. The molecule has 0 spiro atoms. The van der Waals surface area contributed by atoms with Gasteiger partial charge in [-0.05, 0) is 35.9 Å². The lowest BCUT2D eigenvalue weighted by Gasteiger charge is -2.03. The maximum Gasteiger partial charge on any atom is 0.291 e. The number of pyridine rings is 1. The van der Waals surface area contributed by atoms with Gasteiger partial charge in [0.25, 0.3) is 11.5 Å². The third-order valence-electron chi connectivity index (χ3n) is 3.68. The molecule has 0 saturated heterocycles. The van der Waals surface area contributed by atoms with Gasteiger partial charge < -0.3 is 10.5 Å². The van der Waals surface area contributed by atoms with Crippen LogP contribution in [0.3, 0.4) is 0 Å². The number of nitrogens with two attached hydrogens (primary N) is 1. The molecule has 0 unspecified atom stereocenters. The molecular formula is C18H13N5O3S. The summed E-state index contributed by atoms with van der Waals surface area (Å²) in [4.78, 5) is 32.2. The number of rotatable bonds is 5. The van der Waals surface area contributed by atoms with Crippen molar-refractivity contribution >= 4 is 28.3 Å². The maximum absolute atomic E-state index is 12.6. The fraction of sp³-hybridized carbons (Fsp3) is 0.0556. The van der Waals surface area contributed by atoms with Crippen LogP contribution in [0.2, 0.25) is 0 Å². The Kier molecular flexibility index (Phi) is 4.35. The van der Waals surface area contributed by atoms with E-state index in [1.165, 1.54) is 15.9 Å². The second kappa shape index (κ2) is 6.96. The molecule has 1 aromatic carbocycles. The molecule has 4 rings (SSSR count). The zero-order chi connectivity index (χ0) is 18.8. The molecule has 27 heavy (non-hydrogen) atoms. The molecule has 0 fully saturated rings. The highest BCUT2D eigenvalue weighted by Gasteiger charge is 2.11. The number of thiazole rings is 1. The summed E-state index contributed by atoms with van der Waals surface area (Å²) in [6, 6.07) is 10.6. The van der Waals surface area contributed by atoms with Gasteiger partial charge in [-0.15, -0.1) is 5.10 Å². The molecule has 2 N–H and O–H groups in total. The van der Waals surface area contributed by atoms with Crippen molar-refractivity contribution < 1.29 is 9.53 Å². The van der Waals surface area contributed by atoms with Crippen molar-refractivity contribution in [2.75, 3.05) is 6.61 Å². The number of carbonyl (C=O) groups excluding carboxylic acids is 1. The molecule has 134 valence electrons. The minimum atomic E-state index is -0.540. The number of hydrogen-bond acceptors (Lipinski definition) is 7. The number of ether oxygens (including phenoxy) is 1. The van der Waals surface area contributed by atoms with Crippen LogP contribution in [0.1, 0.15) is 5.56 Å². The number of primary amides is 1. The van der Waals surface area contributed by atoms with Gasteiger partial charge in [0.05, 0.1) is 4.53 Å². The standard InChI is InChI=1S/C18H13N5O3S/c19-15(24)10-26-13-3-1-11(2-4-13)9-14-17(25)23-18(27-14)21-16(22-23)12-5-7-20-8-6-12/h1-9H,10H2,(H2,19,24). The van der Waals surface area contributed by atoms with E-state index in [9.17, 15) is 9.59 Å². The molecular weight excluding hydrogens is 366 g/mol. The van der Waals surface area contributed by atoms with Crippen LogP contribution in [-0.2, 0) is 4.79 Å². The largest absolute Gasteiger partial charge is 0.484 e. The highest BCUT2D eigenvalue weighted by Crippen LogP contribution is 2.15. The molecule has 0 aliphatic rings. The van der Waals surface area contributed by atoms with Gasteiger partial charge >= 0.3 is 0 Å². The number of amides is 1. The summed E-state index contributed by atoms with van der Waals surface area (Å²) >= 11 is 1.27.